The third-order valence-corrected chi connectivity index (χ3v) is 3.11. The second-order valence-corrected chi connectivity index (χ2v) is 6.43. The molecule has 22 heavy (non-hydrogen) atoms. The summed E-state index contributed by atoms with van der Waals surface area (Å²) in [7, 11) is 0. The molecule has 0 saturated carbocycles. The van der Waals surface area contributed by atoms with Crippen molar-refractivity contribution in [1.29, 1.82) is 0 Å². The fourth-order valence-corrected chi connectivity index (χ4v) is 2.11. The molecule has 1 aliphatic heterocycles. The van der Waals surface area contributed by atoms with E-state index in [-0.39, 0.29) is 11.9 Å². The molecule has 0 aromatic carbocycles. The zero-order valence-electron chi connectivity index (χ0n) is 14.0. The van der Waals surface area contributed by atoms with Crippen molar-refractivity contribution in [2.75, 3.05) is 13.1 Å². The van der Waals surface area contributed by atoms with Crippen molar-refractivity contribution in [2.24, 2.45) is 11.5 Å². The van der Waals surface area contributed by atoms with Crippen LogP contribution in [0.3, 0.4) is 0 Å². The molecule has 1 aliphatic rings. The normalized spacial score (nSPS) is 15.9. The van der Waals surface area contributed by atoms with Crippen LogP contribution in [0.25, 0.3) is 0 Å². The summed E-state index contributed by atoms with van der Waals surface area (Å²) in [6.07, 6.45) is 6.01. The van der Waals surface area contributed by atoms with Crippen molar-refractivity contribution in [3.8, 4) is 0 Å². The first-order valence-electron chi connectivity index (χ1n) is 7.36. The Morgan fingerprint density at radius 3 is 2.41 bits per heavy atom. The predicted octanol–water partition coefficient (Wildman–Crippen LogP) is 2.81. The number of nitrogens with two attached hydrogens (primary N) is 2. The van der Waals surface area contributed by atoms with Crippen molar-refractivity contribution in [2.45, 2.75) is 39.7 Å². The molecular weight excluding hydrogens is 278 g/mol. The van der Waals surface area contributed by atoms with E-state index in [1.807, 2.05) is 39.8 Å². The summed E-state index contributed by atoms with van der Waals surface area (Å²) in [5.41, 5.74) is 13.5. The number of carbonyl (C=O) groups excluding carboxylic acids is 1. The molecule has 0 aliphatic carbocycles. The van der Waals surface area contributed by atoms with Gasteiger partial charge < -0.3 is 21.1 Å². The van der Waals surface area contributed by atoms with Crippen LogP contribution >= 0.6 is 0 Å². The maximum absolute atomic E-state index is 12.0. The first-order valence-corrected chi connectivity index (χ1v) is 7.36. The molecule has 0 radical (unpaired) electrons. The average Bonchev–Trinajstić information content (AvgIpc) is 2.36. The zero-order valence-corrected chi connectivity index (χ0v) is 14.0. The van der Waals surface area contributed by atoms with Crippen LogP contribution in [0, 0.1) is 0 Å². The molecule has 0 fully saturated rings. The van der Waals surface area contributed by atoms with Gasteiger partial charge in [-0.1, -0.05) is 24.3 Å². The minimum absolute atomic E-state index is 0.255. The molecule has 0 saturated heterocycles. The summed E-state index contributed by atoms with van der Waals surface area (Å²) in [6, 6.07) is 0. The van der Waals surface area contributed by atoms with Gasteiger partial charge >= 0.3 is 6.09 Å². The van der Waals surface area contributed by atoms with Gasteiger partial charge in [0.05, 0.1) is 5.82 Å². The van der Waals surface area contributed by atoms with Crippen molar-refractivity contribution in [1.82, 2.24) is 4.90 Å². The minimum Gasteiger partial charge on any atom is -0.444 e. The largest absolute Gasteiger partial charge is 0.444 e. The number of hydrogen-bond acceptors (Lipinski definition) is 4. The van der Waals surface area contributed by atoms with Crippen molar-refractivity contribution in [3.63, 3.8) is 0 Å². The van der Waals surface area contributed by atoms with Gasteiger partial charge in [0, 0.05) is 13.1 Å². The van der Waals surface area contributed by atoms with Crippen LogP contribution in [-0.4, -0.2) is 29.7 Å². The van der Waals surface area contributed by atoms with E-state index >= 15 is 0 Å². The molecule has 5 heteroatoms. The molecule has 0 atom stereocenters. The van der Waals surface area contributed by atoms with Crippen molar-refractivity contribution >= 4 is 6.09 Å². The highest BCUT2D eigenvalue weighted by atomic mass is 16.6. The van der Waals surface area contributed by atoms with Crippen LogP contribution in [0.15, 0.2) is 47.3 Å². The van der Waals surface area contributed by atoms with E-state index in [4.69, 9.17) is 16.2 Å². The number of carbonyl (C=O) groups is 1. The lowest BCUT2D eigenvalue weighted by Crippen LogP contribution is -2.39. The number of amides is 1. The average molecular weight is 305 g/mol. The number of nitrogens with zero attached hydrogens (tertiary/aromatic N) is 1. The SMILES string of the molecule is C=C(C)/C(=C\C=C(N)N)C1=CCN(C(=O)OC(C)(C)C)CC1. The van der Waals surface area contributed by atoms with Gasteiger partial charge in [-0.3, -0.25) is 0 Å². The van der Waals surface area contributed by atoms with Crippen LogP contribution in [0.1, 0.15) is 34.1 Å². The van der Waals surface area contributed by atoms with Gasteiger partial charge in [0.2, 0.25) is 0 Å². The number of allylic oxidation sites excluding steroid dienone is 4. The van der Waals surface area contributed by atoms with E-state index in [1.165, 1.54) is 0 Å². The standard InChI is InChI=1S/C17H27N3O2/c1-12(2)14(6-7-15(18)19)13-8-10-20(11-9-13)16(21)22-17(3,4)5/h6-8H,1,9-11,18-19H2,2-5H3/b14-6+. The van der Waals surface area contributed by atoms with E-state index in [0.717, 1.165) is 23.1 Å². The predicted molar refractivity (Wildman–Crippen MR) is 89.9 cm³/mol. The van der Waals surface area contributed by atoms with Gasteiger partial charge in [-0.2, -0.15) is 0 Å². The molecule has 1 rings (SSSR count). The quantitative estimate of drug-likeness (QED) is 0.786. The molecule has 0 bridgehead atoms. The Kier molecular flexibility index (Phi) is 5.85. The van der Waals surface area contributed by atoms with Crippen LogP contribution < -0.4 is 11.5 Å². The van der Waals surface area contributed by atoms with E-state index < -0.39 is 5.60 Å². The number of rotatable bonds is 3. The zero-order chi connectivity index (χ0) is 16.9. The lowest BCUT2D eigenvalue weighted by Gasteiger charge is -2.30. The highest BCUT2D eigenvalue weighted by molar-refractivity contribution is 5.69. The molecule has 0 spiro atoms. The second-order valence-electron chi connectivity index (χ2n) is 6.43. The molecule has 1 amide bonds. The Morgan fingerprint density at radius 2 is 2.00 bits per heavy atom. The van der Waals surface area contributed by atoms with Gasteiger partial charge in [0.15, 0.2) is 0 Å². The van der Waals surface area contributed by atoms with E-state index in [9.17, 15) is 4.79 Å². The molecule has 1 heterocycles. The lowest BCUT2D eigenvalue weighted by atomic mass is 9.94. The van der Waals surface area contributed by atoms with Crippen LogP contribution in [-0.2, 0) is 4.74 Å². The van der Waals surface area contributed by atoms with E-state index in [1.54, 1.807) is 11.0 Å². The highest BCUT2D eigenvalue weighted by Gasteiger charge is 2.24. The number of ether oxygens (including phenoxy) is 1. The molecular formula is C17H27N3O2. The molecule has 122 valence electrons. The fraction of sp³-hybridized carbons (Fsp3) is 0.471. The van der Waals surface area contributed by atoms with Crippen LogP contribution in [0.5, 0.6) is 0 Å². The highest BCUT2D eigenvalue weighted by Crippen LogP contribution is 2.25. The molecule has 0 unspecified atom stereocenters. The van der Waals surface area contributed by atoms with Crippen LogP contribution in [0.4, 0.5) is 4.79 Å². The summed E-state index contributed by atoms with van der Waals surface area (Å²) < 4.78 is 5.38. The second kappa shape index (κ2) is 7.20. The molecule has 0 aromatic rings. The van der Waals surface area contributed by atoms with E-state index in [2.05, 4.69) is 6.58 Å². The first kappa shape index (κ1) is 17.9. The van der Waals surface area contributed by atoms with Gasteiger partial charge in [0.25, 0.3) is 0 Å². The van der Waals surface area contributed by atoms with Gasteiger partial charge in [0.1, 0.15) is 5.60 Å². The van der Waals surface area contributed by atoms with E-state index in [0.29, 0.717) is 13.1 Å². The maximum atomic E-state index is 12.0. The number of hydrogen-bond donors (Lipinski definition) is 2. The van der Waals surface area contributed by atoms with Gasteiger partial charge in [-0.15, -0.1) is 0 Å². The summed E-state index contributed by atoms with van der Waals surface area (Å²) in [5, 5.41) is 0. The first-order chi connectivity index (χ1) is 10.1. The Labute approximate surface area is 133 Å². The Bertz CT molecular complexity index is 533. The third kappa shape index (κ3) is 5.68. The maximum Gasteiger partial charge on any atom is 0.410 e. The molecule has 0 aromatic heterocycles. The fourth-order valence-electron chi connectivity index (χ4n) is 2.11. The summed E-state index contributed by atoms with van der Waals surface area (Å²) in [5.74, 6) is 0.255. The smallest absolute Gasteiger partial charge is 0.410 e. The topological polar surface area (TPSA) is 81.6 Å². The summed E-state index contributed by atoms with van der Waals surface area (Å²) >= 11 is 0. The third-order valence-electron chi connectivity index (χ3n) is 3.11. The lowest BCUT2D eigenvalue weighted by molar-refractivity contribution is 0.0266. The summed E-state index contributed by atoms with van der Waals surface area (Å²) in [6.45, 7) is 12.7. The van der Waals surface area contributed by atoms with Crippen molar-refractivity contribution in [3.05, 3.63) is 47.3 Å². The van der Waals surface area contributed by atoms with Gasteiger partial charge in [-0.25, -0.2) is 4.79 Å². The minimum atomic E-state index is -0.479. The van der Waals surface area contributed by atoms with Crippen LogP contribution in [0.2, 0.25) is 0 Å². The summed E-state index contributed by atoms with van der Waals surface area (Å²) in [4.78, 5) is 13.7. The molecule has 5 nitrogen and oxygen atoms in total. The molecule has 4 N–H and O–H groups in total. The Hall–Kier alpha value is -2.17. The Balaban J connectivity index is 2.82. The van der Waals surface area contributed by atoms with Gasteiger partial charge in [-0.05, 0) is 51.3 Å². The van der Waals surface area contributed by atoms with Crippen molar-refractivity contribution < 1.29 is 9.53 Å². The monoisotopic (exact) mass is 305 g/mol. The Morgan fingerprint density at radius 1 is 1.36 bits per heavy atom.